The van der Waals surface area contributed by atoms with Crippen molar-refractivity contribution in [2.75, 3.05) is 0 Å². The van der Waals surface area contributed by atoms with Crippen molar-refractivity contribution in [3.63, 3.8) is 0 Å². The first-order chi connectivity index (χ1) is 11.1. The van der Waals surface area contributed by atoms with E-state index >= 15 is 0 Å². The lowest BCUT2D eigenvalue weighted by Crippen LogP contribution is -2.34. The van der Waals surface area contributed by atoms with Gasteiger partial charge in [-0.05, 0) is 38.0 Å². The van der Waals surface area contributed by atoms with Crippen LogP contribution >= 0.6 is 0 Å². The van der Waals surface area contributed by atoms with Gasteiger partial charge in [0, 0.05) is 12.2 Å². The molecule has 0 fully saturated rings. The molecular weight excluding hydrogens is 337 g/mol. The second kappa shape index (κ2) is 6.70. The Balaban J connectivity index is 2.35. The van der Waals surface area contributed by atoms with Crippen LogP contribution in [0.15, 0.2) is 35.7 Å². The minimum absolute atomic E-state index is 0.0106. The maximum Gasteiger partial charge on any atom is 0.326 e. The minimum atomic E-state index is -4.14. The highest BCUT2D eigenvalue weighted by Gasteiger charge is 2.29. The third-order valence-corrected chi connectivity index (χ3v) is 4.79. The molecule has 0 radical (unpaired) electrons. The Labute approximate surface area is 139 Å². The summed E-state index contributed by atoms with van der Waals surface area (Å²) in [5, 5.41) is 9.07. The fraction of sp³-hybridized carbons (Fsp3) is 0.333. The van der Waals surface area contributed by atoms with Gasteiger partial charge >= 0.3 is 5.97 Å². The number of aryl methyl sites for hydroxylation is 1. The number of aliphatic carboxylic acids is 1. The Morgan fingerprint density at radius 2 is 2.04 bits per heavy atom. The molecule has 0 aliphatic heterocycles. The number of benzene rings is 1. The summed E-state index contributed by atoms with van der Waals surface area (Å²) < 4.78 is 41.8. The Hall–Kier alpha value is -2.26. The number of carboxylic acid groups (broad SMARTS) is 1. The third-order valence-electron chi connectivity index (χ3n) is 3.48. The van der Waals surface area contributed by atoms with Crippen molar-refractivity contribution < 1.29 is 22.7 Å². The third kappa shape index (κ3) is 3.80. The number of nitrogens with zero attached hydrogens (tertiary/aromatic N) is 2. The van der Waals surface area contributed by atoms with Crippen LogP contribution in [0.1, 0.15) is 37.1 Å². The van der Waals surface area contributed by atoms with Crippen molar-refractivity contribution in [2.45, 2.75) is 37.9 Å². The lowest BCUT2D eigenvalue weighted by molar-refractivity contribution is -0.139. The molecule has 1 atom stereocenters. The van der Waals surface area contributed by atoms with Crippen LogP contribution in [0, 0.1) is 12.7 Å². The molecule has 1 aromatic heterocycles. The van der Waals surface area contributed by atoms with E-state index in [0.29, 0.717) is 0 Å². The van der Waals surface area contributed by atoms with Crippen molar-refractivity contribution in [1.82, 2.24) is 14.3 Å². The summed E-state index contributed by atoms with van der Waals surface area (Å²) >= 11 is 0. The Bertz CT molecular complexity index is 861. The van der Waals surface area contributed by atoms with Crippen molar-refractivity contribution in [2.24, 2.45) is 0 Å². The van der Waals surface area contributed by atoms with E-state index in [9.17, 15) is 22.7 Å². The maximum atomic E-state index is 13.3. The molecule has 0 aliphatic carbocycles. The van der Waals surface area contributed by atoms with Crippen molar-refractivity contribution in [3.8, 4) is 0 Å². The summed E-state index contributed by atoms with van der Waals surface area (Å²) in [6.07, 6.45) is 2.68. The Morgan fingerprint density at radius 3 is 2.54 bits per heavy atom. The molecular formula is C15H18FN3O4S. The number of hydrogen-bond donors (Lipinski definition) is 2. The molecule has 130 valence electrons. The highest BCUT2D eigenvalue weighted by atomic mass is 32.2. The fourth-order valence-electron chi connectivity index (χ4n) is 2.06. The van der Waals surface area contributed by atoms with E-state index in [2.05, 4.69) is 9.71 Å². The zero-order chi connectivity index (χ0) is 18.1. The summed E-state index contributed by atoms with van der Waals surface area (Å²) in [4.78, 5) is 15.3. The minimum Gasteiger partial charge on any atom is -0.480 e. The van der Waals surface area contributed by atoms with Crippen LogP contribution in [0.3, 0.4) is 0 Å². The van der Waals surface area contributed by atoms with E-state index in [4.69, 9.17) is 0 Å². The topological polar surface area (TPSA) is 101 Å². The van der Waals surface area contributed by atoms with Crippen LogP contribution in [0.5, 0.6) is 0 Å². The predicted octanol–water partition coefficient (Wildman–Crippen LogP) is 2.02. The van der Waals surface area contributed by atoms with Gasteiger partial charge in [0.15, 0.2) is 5.03 Å². The Morgan fingerprint density at radius 1 is 1.38 bits per heavy atom. The first kappa shape index (κ1) is 18.1. The first-order valence-electron chi connectivity index (χ1n) is 7.16. The first-order valence-corrected chi connectivity index (χ1v) is 8.65. The highest BCUT2D eigenvalue weighted by Crippen LogP contribution is 2.20. The fourth-order valence-corrected chi connectivity index (χ4v) is 3.18. The molecule has 0 saturated carbocycles. The van der Waals surface area contributed by atoms with Gasteiger partial charge in [0.1, 0.15) is 11.9 Å². The number of imidazole rings is 1. The largest absolute Gasteiger partial charge is 0.480 e. The number of rotatable bonds is 6. The summed E-state index contributed by atoms with van der Waals surface area (Å²) in [6.45, 7) is 5.18. The van der Waals surface area contributed by atoms with Crippen LogP contribution in [0.25, 0.3) is 0 Å². The smallest absolute Gasteiger partial charge is 0.326 e. The number of sulfonamides is 1. The Kier molecular flexibility index (Phi) is 5.05. The summed E-state index contributed by atoms with van der Waals surface area (Å²) in [7, 11) is -4.14. The zero-order valence-electron chi connectivity index (χ0n) is 13.4. The molecule has 0 saturated heterocycles. The molecule has 1 aromatic carbocycles. The van der Waals surface area contributed by atoms with Crippen LogP contribution < -0.4 is 4.72 Å². The van der Waals surface area contributed by atoms with Crippen LogP contribution in [0.4, 0.5) is 4.39 Å². The monoisotopic (exact) mass is 355 g/mol. The lowest BCUT2D eigenvalue weighted by Gasteiger charge is -2.15. The number of aromatic nitrogens is 2. The van der Waals surface area contributed by atoms with Crippen molar-refractivity contribution in [1.29, 1.82) is 0 Å². The summed E-state index contributed by atoms with van der Waals surface area (Å²) in [6, 6.07) is 2.09. The van der Waals surface area contributed by atoms with E-state index in [-0.39, 0.29) is 22.2 Å². The molecule has 0 amide bonds. The number of halogens is 1. The summed E-state index contributed by atoms with van der Waals surface area (Å²) in [5.41, 5.74) is 0.357. The quantitative estimate of drug-likeness (QED) is 0.825. The van der Waals surface area contributed by atoms with Gasteiger partial charge in [0.05, 0.1) is 6.33 Å². The maximum absolute atomic E-state index is 13.3. The van der Waals surface area contributed by atoms with Gasteiger partial charge in [-0.15, -0.1) is 0 Å². The molecule has 1 unspecified atom stereocenters. The van der Waals surface area contributed by atoms with Gasteiger partial charge in [-0.25, -0.2) is 17.8 Å². The van der Waals surface area contributed by atoms with E-state index in [1.807, 2.05) is 13.8 Å². The molecule has 24 heavy (non-hydrogen) atoms. The van der Waals surface area contributed by atoms with E-state index < -0.39 is 27.9 Å². The standard InChI is InChI=1S/C15H18FN3O4S/c1-9(2)19-7-13(17-8-19)24(22,23)18-14(15(20)21)11-4-5-12(16)10(3)6-11/h4-9,14,18H,1-3H3,(H,20,21). The predicted molar refractivity (Wildman–Crippen MR) is 84.4 cm³/mol. The van der Waals surface area contributed by atoms with Gasteiger partial charge in [-0.3, -0.25) is 4.79 Å². The number of hydrogen-bond acceptors (Lipinski definition) is 4. The van der Waals surface area contributed by atoms with Crippen molar-refractivity contribution in [3.05, 3.63) is 47.7 Å². The van der Waals surface area contributed by atoms with Gasteiger partial charge in [0.2, 0.25) is 0 Å². The lowest BCUT2D eigenvalue weighted by atomic mass is 10.1. The van der Waals surface area contributed by atoms with E-state index in [1.165, 1.54) is 31.6 Å². The normalized spacial score (nSPS) is 13.2. The molecule has 2 aromatic rings. The second-order valence-electron chi connectivity index (χ2n) is 5.65. The van der Waals surface area contributed by atoms with Gasteiger partial charge in [0.25, 0.3) is 10.0 Å². The highest BCUT2D eigenvalue weighted by molar-refractivity contribution is 7.89. The average molecular weight is 355 g/mol. The zero-order valence-corrected chi connectivity index (χ0v) is 14.2. The van der Waals surface area contributed by atoms with Crippen molar-refractivity contribution >= 4 is 16.0 Å². The van der Waals surface area contributed by atoms with Gasteiger partial charge in [-0.1, -0.05) is 12.1 Å². The SMILES string of the molecule is Cc1cc(C(NS(=O)(=O)c2cn(C(C)C)cn2)C(=O)O)ccc1F. The van der Waals surface area contributed by atoms with Gasteiger partial charge < -0.3 is 9.67 Å². The molecule has 2 N–H and O–H groups in total. The molecule has 9 heteroatoms. The van der Waals surface area contributed by atoms with Crippen LogP contribution in [0.2, 0.25) is 0 Å². The molecule has 0 spiro atoms. The molecule has 0 bridgehead atoms. The average Bonchev–Trinajstić information content (AvgIpc) is 2.98. The molecule has 0 aliphatic rings. The van der Waals surface area contributed by atoms with E-state index in [1.54, 1.807) is 4.57 Å². The van der Waals surface area contributed by atoms with Gasteiger partial charge in [-0.2, -0.15) is 4.72 Å². The molecule has 1 heterocycles. The molecule has 2 rings (SSSR count). The molecule has 7 nitrogen and oxygen atoms in total. The second-order valence-corrected chi connectivity index (χ2v) is 7.31. The number of carboxylic acids is 1. The number of nitrogens with one attached hydrogen (secondary N) is 1. The number of carbonyl (C=O) groups is 1. The summed E-state index contributed by atoms with van der Waals surface area (Å²) in [5.74, 6) is -1.89. The van der Waals surface area contributed by atoms with Crippen LogP contribution in [-0.4, -0.2) is 29.0 Å². The van der Waals surface area contributed by atoms with Crippen LogP contribution in [-0.2, 0) is 14.8 Å². The van der Waals surface area contributed by atoms with E-state index in [0.717, 1.165) is 6.07 Å².